The van der Waals surface area contributed by atoms with Crippen molar-refractivity contribution in [3.05, 3.63) is 59.2 Å². The maximum Gasteiger partial charge on any atom is 0.216 e. The molecule has 0 saturated carbocycles. The highest BCUT2D eigenvalue weighted by molar-refractivity contribution is 6.10. The normalized spacial score (nSPS) is 17.4. The number of benzene rings is 2. The highest BCUT2D eigenvalue weighted by Gasteiger charge is 2.22. The SMILES string of the molecule is COc1ccc([C@H]2CC(c3cc(C)ccc3O)=NC(N)=N2)cc1. The van der Waals surface area contributed by atoms with Crippen molar-refractivity contribution in [2.45, 2.75) is 19.4 Å². The molecule has 118 valence electrons. The summed E-state index contributed by atoms with van der Waals surface area (Å²) in [5.74, 6) is 1.23. The molecular formula is C18H19N3O2. The first-order valence-electron chi connectivity index (χ1n) is 7.41. The van der Waals surface area contributed by atoms with Crippen molar-refractivity contribution in [2.24, 2.45) is 15.7 Å². The summed E-state index contributed by atoms with van der Waals surface area (Å²) in [6.07, 6.45) is 0.587. The van der Waals surface area contributed by atoms with Gasteiger partial charge in [-0.3, -0.25) is 0 Å². The van der Waals surface area contributed by atoms with Crippen molar-refractivity contribution in [1.82, 2.24) is 0 Å². The summed E-state index contributed by atoms with van der Waals surface area (Å²) in [5.41, 5.74) is 9.44. The van der Waals surface area contributed by atoms with Crippen LogP contribution in [0.5, 0.6) is 11.5 Å². The van der Waals surface area contributed by atoms with Gasteiger partial charge in [-0.1, -0.05) is 23.8 Å². The summed E-state index contributed by atoms with van der Waals surface area (Å²) in [6.45, 7) is 1.98. The van der Waals surface area contributed by atoms with Crippen LogP contribution < -0.4 is 10.5 Å². The minimum Gasteiger partial charge on any atom is -0.507 e. The Morgan fingerprint density at radius 3 is 2.61 bits per heavy atom. The number of nitrogens with two attached hydrogens (primary N) is 1. The molecule has 1 aliphatic rings. The Kier molecular flexibility index (Phi) is 4.02. The van der Waals surface area contributed by atoms with Gasteiger partial charge in [0.2, 0.25) is 5.96 Å². The number of aromatic hydroxyl groups is 1. The molecule has 0 aromatic heterocycles. The van der Waals surface area contributed by atoms with E-state index in [1.807, 2.05) is 43.3 Å². The van der Waals surface area contributed by atoms with Crippen LogP contribution in [-0.4, -0.2) is 23.9 Å². The van der Waals surface area contributed by atoms with E-state index in [-0.39, 0.29) is 17.8 Å². The van der Waals surface area contributed by atoms with Gasteiger partial charge in [-0.25, -0.2) is 9.98 Å². The Labute approximate surface area is 135 Å². The van der Waals surface area contributed by atoms with Crippen LogP contribution in [0, 0.1) is 6.92 Å². The van der Waals surface area contributed by atoms with E-state index in [2.05, 4.69) is 9.98 Å². The fourth-order valence-corrected chi connectivity index (χ4v) is 2.67. The molecular weight excluding hydrogens is 290 g/mol. The maximum atomic E-state index is 10.1. The summed E-state index contributed by atoms with van der Waals surface area (Å²) in [6, 6.07) is 13.1. The lowest BCUT2D eigenvalue weighted by molar-refractivity contribution is 0.414. The highest BCUT2D eigenvalue weighted by atomic mass is 16.5. The zero-order valence-corrected chi connectivity index (χ0v) is 13.2. The Morgan fingerprint density at radius 2 is 1.91 bits per heavy atom. The molecule has 3 rings (SSSR count). The minimum absolute atomic E-state index is 0.117. The fraction of sp³-hybridized carbons (Fsp3) is 0.222. The van der Waals surface area contributed by atoms with Gasteiger partial charge in [0.15, 0.2) is 0 Å². The molecule has 2 aromatic rings. The van der Waals surface area contributed by atoms with E-state index in [0.29, 0.717) is 12.0 Å². The molecule has 0 aliphatic carbocycles. The quantitative estimate of drug-likeness (QED) is 0.914. The van der Waals surface area contributed by atoms with Gasteiger partial charge < -0.3 is 15.6 Å². The van der Waals surface area contributed by atoms with Gasteiger partial charge in [0.25, 0.3) is 0 Å². The van der Waals surface area contributed by atoms with E-state index in [1.54, 1.807) is 13.2 Å². The van der Waals surface area contributed by atoms with Gasteiger partial charge in [-0.2, -0.15) is 0 Å². The summed E-state index contributed by atoms with van der Waals surface area (Å²) < 4.78 is 5.18. The average Bonchev–Trinajstić information content (AvgIpc) is 2.56. The first-order valence-corrected chi connectivity index (χ1v) is 7.41. The van der Waals surface area contributed by atoms with E-state index in [1.165, 1.54) is 0 Å². The molecule has 0 radical (unpaired) electrons. The van der Waals surface area contributed by atoms with Crippen LogP contribution in [-0.2, 0) is 0 Å². The molecule has 3 N–H and O–H groups in total. The standard InChI is InChI=1S/C18H19N3O2/c1-11-3-8-17(22)14(9-11)16-10-15(20-18(19)21-16)12-4-6-13(23-2)7-5-12/h3-9,15,22H,10H2,1-2H3,(H2,19,20)/t15-/m1/s1. The predicted octanol–water partition coefficient (Wildman–Crippen LogP) is 2.96. The van der Waals surface area contributed by atoms with Crippen molar-refractivity contribution in [2.75, 3.05) is 7.11 Å². The molecule has 5 nitrogen and oxygen atoms in total. The Morgan fingerprint density at radius 1 is 1.17 bits per heavy atom. The lowest BCUT2D eigenvalue weighted by Gasteiger charge is -2.20. The van der Waals surface area contributed by atoms with Crippen LogP contribution in [0.15, 0.2) is 52.4 Å². The summed E-state index contributed by atoms with van der Waals surface area (Å²) in [7, 11) is 1.64. The van der Waals surface area contributed by atoms with Gasteiger partial charge >= 0.3 is 0 Å². The van der Waals surface area contributed by atoms with Crippen molar-refractivity contribution >= 4 is 11.7 Å². The predicted molar refractivity (Wildman–Crippen MR) is 91.4 cm³/mol. The monoisotopic (exact) mass is 309 g/mol. The lowest BCUT2D eigenvalue weighted by Crippen LogP contribution is -2.21. The average molecular weight is 309 g/mol. The zero-order chi connectivity index (χ0) is 16.4. The molecule has 2 aromatic carbocycles. The number of aryl methyl sites for hydroxylation is 1. The molecule has 1 heterocycles. The molecule has 5 heteroatoms. The second-order valence-corrected chi connectivity index (χ2v) is 5.56. The van der Waals surface area contributed by atoms with Crippen LogP contribution in [0.1, 0.15) is 29.2 Å². The van der Waals surface area contributed by atoms with Crippen molar-refractivity contribution < 1.29 is 9.84 Å². The third-order valence-corrected chi connectivity index (χ3v) is 3.89. The minimum atomic E-state index is -0.117. The van der Waals surface area contributed by atoms with E-state index >= 15 is 0 Å². The number of aliphatic imine (C=N–C) groups is 2. The van der Waals surface area contributed by atoms with Gasteiger partial charge in [-0.05, 0) is 36.8 Å². The topological polar surface area (TPSA) is 80.2 Å². The van der Waals surface area contributed by atoms with Gasteiger partial charge in [0.05, 0.1) is 18.9 Å². The van der Waals surface area contributed by atoms with Crippen molar-refractivity contribution in [1.29, 1.82) is 0 Å². The molecule has 1 aliphatic heterocycles. The molecule has 1 atom stereocenters. The number of ether oxygens (including phenoxy) is 1. The molecule has 0 saturated heterocycles. The number of guanidine groups is 1. The molecule has 23 heavy (non-hydrogen) atoms. The number of phenols is 1. The number of nitrogens with zero attached hydrogens (tertiary/aromatic N) is 2. The van der Waals surface area contributed by atoms with Crippen LogP contribution in [0.4, 0.5) is 0 Å². The fourth-order valence-electron chi connectivity index (χ4n) is 2.67. The number of phenolic OH excluding ortho intramolecular Hbond substituents is 1. The second-order valence-electron chi connectivity index (χ2n) is 5.56. The number of hydrogen-bond donors (Lipinski definition) is 2. The summed E-state index contributed by atoms with van der Waals surface area (Å²) >= 11 is 0. The van der Waals surface area contributed by atoms with Gasteiger partial charge in [-0.15, -0.1) is 0 Å². The molecule has 0 bridgehead atoms. The smallest absolute Gasteiger partial charge is 0.216 e. The van der Waals surface area contributed by atoms with Crippen molar-refractivity contribution in [3.8, 4) is 11.5 Å². The Bertz CT molecular complexity index is 779. The van der Waals surface area contributed by atoms with E-state index in [4.69, 9.17) is 10.5 Å². The van der Waals surface area contributed by atoms with Crippen molar-refractivity contribution in [3.63, 3.8) is 0 Å². The third-order valence-electron chi connectivity index (χ3n) is 3.89. The summed E-state index contributed by atoms with van der Waals surface area (Å²) in [4.78, 5) is 8.74. The number of rotatable bonds is 3. The first-order chi connectivity index (χ1) is 11.1. The Hall–Kier alpha value is -2.82. The maximum absolute atomic E-state index is 10.1. The first kappa shape index (κ1) is 15.1. The molecule has 0 fully saturated rings. The molecule has 0 amide bonds. The third kappa shape index (κ3) is 3.18. The second kappa shape index (κ2) is 6.12. The van der Waals surface area contributed by atoms with Crippen LogP contribution in [0.25, 0.3) is 0 Å². The van der Waals surface area contributed by atoms with E-state index in [0.717, 1.165) is 22.6 Å². The van der Waals surface area contributed by atoms with Crippen LogP contribution in [0.3, 0.4) is 0 Å². The highest BCUT2D eigenvalue weighted by Crippen LogP contribution is 2.30. The molecule has 0 spiro atoms. The summed E-state index contributed by atoms with van der Waals surface area (Å²) in [5, 5.41) is 10.1. The Balaban J connectivity index is 1.93. The van der Waals surface area contributed by atoms with Crippen LogP contribution in [0.2, 0.25) is 0 Å². The largest absolute Gasteiger partial charge is 0.507 e. The van der Waals surface area contributed by atoms with Gasteiger partial charge in [0.1, 0.15) is 11.5 Å². The van der Waals surface area contributed by atoms with E-state index < -0.39 is 0 Å². The molecule has 0 unspecified atom stereocenters. The number of methoxy groups -OCH3 is 1. The van der Waals surface area contributed by atoms with Crippen LogP contribution >= 0.6 is 0 Å². The number of hydrogen-bond acceptors (Lipinski definition) is 5. The lowest BCUT2D eigenvalue weighted by atomic mass is 9.95. The van der Waals surface area contributed by atoms with E-state index in [9.17, 15) is 5.11 Å². The van der Waals surface area contributed by atoms with Gasteiger partial charge in [0, 0.05) is 12.0 Å². The zero-order valence-electron chi connectivity index (χ0n) is 13.2.